The van der Waals surface area contributed by atoms with Crippen molar-refractivity contribution in [2.45, 2.75) is 9.10 Å². The van der Waals surface area contributed by atoms with E-state index in [1.807, 2.05) is 36.4 Å². The Balaban J connectivity index is 1.53. The maximum absolute atomic E-state index is 12.7. The van der Waals surface area contributed by atoms with Crippen LogP contribution in [0.25, 0.3) is 6.08 Å². The normalized spacial score (nSPS) is 15.6. The molecule has 0 radical (unpaired) electrons. The molecule has 0 saturated carbocycles. The molecule has 140 valence electrons. The van der Waals surface area contributed by atoms with E-state index >= 15 is 0 Å². The quantitative estimate of drug-likeness (QED) is 0.376. The van der Waals surface area contributed by atoms with Crippen LogP contribution in [-0.4, -0.2) is 11.1 Å². The SMILES string of the molecule is O=C1S/C(=C/c2ccc(Sc3ccc(Cl)cc3)s2)C(=O)N1c1cccc(Cl)c1. The first-order valence-electron chi connectivity index (χ1n) is 8.06. The molecule has 1 aromatic heterocycles. The molecule has 0 unspecified atom stereocenters. The Morgan fingerprint density at radius 1 is 0.929 bits per heavy atom. The van der Waals surface area contributed by atoms with Crippen LogP contribution in [0, 0.1) is 0 Å². The number of thioether (sulfide) groups is 1. The molecule has 28 heavy (non-hydrogen) atoms. The van der Waals surface area contributed by atoms with Gasteiger partial charge in [0.25, 0.3) is 11.1 Å². The lowest BCUT2D eigenvalue weighted by atomic mass is 10.3. The summed E-state index contributed by atoms with van der Waals surface area (Å²) in [6.07, 6.45) is 1.76. The van der Waals surface area contributed by atoms with Gasteiger partial charge in [0.15, 0.2) is 0 Å². The fourth-order valence-corrected chi connectivity index (χ4v) is 5.80. The molecular weight excluding hydrogens is 453 g/mol. The maximum Gasteiger partial charge on any atom is 0.298 e. The van der Waals surface area contributed by atoms with Crippen LogP contribution in [0.4, 0.5) is 10.5 Å². The molecule has 1 fully saturated rings. The molecule has 3 nitrogen and oxygen atoms in total. The van der Waals surface area contributed by atoms with Gasteiger partial charge in [-0.25, -0.2) is 4.90 Å². The van der Waals surface area contributed by atoms with E-state index in [-0.39, 0.29) is 11.1 Å². The number of thiophene rings is 1. The summed E-state index contributed by atoms with van der Waals surface area (Å²) < 4.78 is 1.09. The smallest absolute Gasteiger partial charge is 0.268 e. The van der Waals surface area contributed by atoms with Crippen LogP contribution in [0.15, 0.2) is 74.7 Å². The first-order valence-corrected chi connectivity index (χ1v) is 11.3. The van der Waals surface area contributed by atoms with Crippen LogP contribution >= 0.6 is 58.1 Å². The molecule has 3 aromatic rings. The van der Waals surface area contributed by atoms with Crippen LogP contribution in [0.3, 0.4) is 0 Å². The van der Waals surface area contributed by atoms with Gasteiger partial charge in [-0.3, -0.25) is 9.59 Å². The summed E-state index contributed by atoms with van der Waals surface area (Å²) in [6.45, 7) is 0. The van der Waals surface area contributed by atoms with E-state index in [1.54, 1.807) is 53.4 Å². The highest BCUT2D eigenvalue weighted by Gasteiger charge is 2.36. The third-order valence-corrected chi connectivity index (χ3v) is 7.30. The number of halogens is 2. The predicted molar refractivity (Wildman–Crippen MR) is 120 cm³/mol. The van der Waals surface area contributed by atoms with Gasteiger partial charge in [0.1, 0.15) is 0 Å². The van der Waals surface area contributed by atoms with Crippen LogP contribution in [0.2, 0.25) is 10.0 Å². The van der Waals surface area contributed by atoms with E-state index in [4.69, 9.17) is 23.2 Å². The highest BCUT2D eigenvalue weighted by atomic mass is 35.5. The van der Waals surface area contributed by atoms with E-state index in [2.05, 4.69) is 0 Å². The number of anilines is 1. The third-order valence-electron chi connectivity index (χ3n) is 3.77. The van der Waals surface area contributed by atoms with Crippen molar-refractivity contribution >= 4 is 81.0 Å². The van der Waals surface area contributed by atoms with Crippen LogP contribution in [0.1, 0.15) is 4.88 Å². The number of amides is 2. The number of hydrogen-bond acceptors (Lipinski definition) is 5. The zero-order valence-corrected chi connectivity index (χ0v) is 18.1. The van der Waals surface area contributed by atoms with Crippen molar-refractivity contribution in [3.8, 4) is 0 Å². The minimum Gasteiger partial charge on any atom is -0.268 e. The summed E-state index contributed by atoms with van der Waals surface area (Å²) in [5.41, 5.74) is 0.476. The van der Waals surface area contributed by atoms with E-state index in [0.717, 1.165) is 30.6 Å². The summed E-state index contributed by atoms with van der Waals surface area (Å²) in [4.78, 5) is 28.6. The number of rotatable bonds is 4. The Labute approximate surface area is 184 Å². The molecule has 0 bridgehead atoms. The Morgan fingerprint density at radius 3 is 2.46 bits per heavy atom. The molecule has 1 saturated heterocycles. The van der Waals surface area contributed by atoms with Crippen molar-refractivity contribution in [3.63, 3.8) is 0 Å². The number of carbonyl (C=O) groups is 2. The van der Waals surface area contributed by atoms with Crippen LogP contribution in [-0.2, 0) is 4.79 Å². The minimum absolute atomic E-state index is 0.328. The van der Waals surface area contributed by atoms with Gasteiger partial charge in [0, 0.05) is 19.8 Å². The van der Waals surface area contributed by atoms with Crippen LogP contribution in [0.5, 0.6) is 0 Å². The Morgan fingerprint density at radius 2 is 1.71 bits per heavy atom. The largest absolute Gasteiger partial charge is 0.298 e. The average molecular weight is 464 g/mol. The van der Waals surface area contributed by atoms with Gasteiger partial charge in [0.05, 0.1) is 14.8 Å². The van der Waals surface area contributed by atoms with E-state index in [1.165, 1.54) is 0 Å². The average Bonchev–Trinajstić information content (AvgIpc) is 3.21. The second-order valence-corrected chi connectivity index (χ2v) is 10.1. The Kier molecular flexibility index (Phi) is 5.85. The molecule has 0 atom stereocenters. The van der Waals surface area contributed by atoms with Crippen molar-refractivity contribution in [3.05, 3.63) is 80.5 Å². The molecule has 1 aliphatic rings. The maximum atomic E-state index is 12.7. The summed E-state index contributed by atoms with van der Waals surface area (Å²) in [5.74, 6) is -0.336. The monoisotopic (exact) mass is 463 g/mol. The molecule has 1 aliphatic heterocycles. The molecule has 4 rings (SSSR count). The van der Waals surface area contributed by atoms with Gasteiger partial charge >= 0.3 is 0 Å². The van der Waals surface area contributed by atoms with Crippen molar-refractivity contribution < 1.29 is 9.59 Å². The Hall–Kier alpha value is -1.70. The van der Waals surface area contributed by atoms with Gasteiger partial charge < -0.3 is 0 Å². The number of nitrogens with zero attached hydrogens (tertiary/aromatic N) is 1. The van der Waals surface area contributed by atoms with Crippen molar-refractivity contribution in [2.24, 2.45) is 0 Å². The topological polar surface area (TPSA) is 37.4 Å². The number of carbonyl (C=O) groups excluding carboxylic acids is 2. The van der Waals surface area contributed by atoms with Crippen molar-refractivity contribution in [1.82, 2.24) is 0 Å². The second kappa shape index (κ2) is 8.35. The molecule has 0 N–H and O–H groups in total. The van der Waals surface area contributed by atoms with E-state index in [0.29, 0.717) is 20.6 Å². The van der Waals surface area contributed by atoms with Gasteiger partial charge in [0.2, 0.25) is 0 Å². The highest BCUT2D eigenvalue weighted by molar-refractivity contribution is 8.19. The fourth-order valence-electron chi connectivity index (χ4n) is 2.52. The van der Waals surface area contributed by atoms with Crippen molar-refractivity contribution in [2.75, 3.05) is 4.90 Å². The molecule has 8 heteroatoms. The molecule has 0 spiro atoms. The molecular formula is C20H11Cl2NO2S3. The summed E-state index contributed by atoms with van der Waals surface area (Å²) in [6, 6.07) is 18.3. The lowest BCUT2D eigenvalue weighted by molar-refractivity contribution is -0.113. The van der Waals surface area contributed by atoms with Gasteiger partial charge in [-0.15, -0.1) is 11.3 Å². The number of hydrogen-bond donors (Lipinski definition) is 0. The van der Waals surface area contributed by atoms with Crippen molar-refractivity contribution in [1.29, 1.82) is 0 Å². The number of benzene rings is 2. The van der Waals surface area contributed by atoms with Gasteiger partial charge in [-0.05, 0) is 72.4 Å². The predicted octanol–water partition coefficient (Wildman–Crippen LogP) is 7.45. The molecule has 2 heterocycles. The number of imide groups is 1. The summed E-state index contributed by atoms with van der Waals surface area (Å²) in [7, 11) is 0. The third kappa shape index (κ3) is 4.31. The van der Waals surface area contributed by atoms with Gasteiger partial charge in [-0.2, -0.15) is 0 Å². The molecule has 2 aromatic carbocycles. The molecule has 0 aliphatic carbocycles. The lowest BCUT2D eigenvalue weighted by Gasteiger charge is -2.12. The van der Waals surface area contributed by atoms with E-state index in [9.17, 15) is 9.59 Å². The second-order valence-electron chi connectivity index (χ2n) is 5.71. The first-order chi connectivity index (χ1) is 13.5. The Bertz CT molecular complexity index is 1090. The highest BCUT2D eigenvalue weighted by Crippen LogP contribution is 2.39. The van der Waals surface area contributed by atoms with E-state index < -0.39 is 0 Å². The minimum atomic E-state index is -0.336. The first kappa shape index (κ1) is 19.6. The zero-order chi connectivity index (χ0) is 19.7. The molecule has 2 amide bonds. The lowest BCUT2D eigenvalue weighted by Crippen LogP contribution is -2.27. The fraction of sp³-hybridized carbons (Fsp3) is 0. The van der Waals surface area contributed by atoms with Gasteiger partial charge in [-0.1, -0.05) is 41.0 Å². The summed E-state index contributed by atoms with van der Waals surface area (Å²) >= 11 is 16.0. The van der Waals surface area contributed by atoms with Crippen LogP contribution < -0.4 is 4.90 Å². The summed E-state index contributed by atoms with van der Waals surface area (Å²) in [5, 5.41) is 0.847. The zero-order valence-electron chi connectivity index (χ0n) is 14.1. The standard InChI is InChI=1S/C20H11Cl2NO2S3/c21-12-4-6-15(7-5-12)26-18-9-8-16(27-18)11-17-19(24)23(20(25)28-17)14-3-1-2-13(22)10-14/h1-11H/b17-11+.